The molecule has 2 atom stereocenters. The van der Waals surface area contributed by atoms with Crippen LogP contribution in [0.15, 0.2) is 23.3 Å². The van der Waals surface area contributed by atoms with Gasteiger partial charge in [0.1, 0.15) is 11.5 Å². The molecule has 0 radical (unpaired) electrons. The molecule has 2 rings (SSSR count). The molecule has 1 fully saturated rings. The van der Waals surface area contributed by atoms with E-state index in [1.54, 1.807) is 25.3 Å². The molecule has 0 aromatic heterocycles. The predicted octanol–water partition coefficient (Wildman–Crippen LogP) is 2.78. The summed E-state index contributed by atoms with van der Waals surface area (Å²) >= 11 is 5.26. The van der Waals surface area contributed by atoms with E-state index in [0.717, 1.165) is 6.42 Å². The number of phenols is 1. The fraction of sp³-hybridized carbons (Fsp3) is 0.500. The van der Waals surface area contributed by atoms with Gasteiger partial charge in [-0.05, 0) is 49.2 Å². The fourth-order valence-corrected chi connectivity index (χ4v) is 2.86. The molecule has 1 aromatic carbocycles. The van der Waals surface area contributed by atoms with Crippen molar-refractivity contribution >= 4 is 23.5 Å². The summed E-state index contributed by atoms with van der Waals surface area (Å²) in [6, 6.07) is 5.38. The van der Waals surface area contributed by atoms with E-state index in [-0.39, 0.29) is 5.75 Å². The first-order valence-electron chi connectivity index (χ1n) is 7.56. The highest BCUT2D eigenvalue weighted by molar-refractivity contribution is 7.80. The molecule has 1 aliphatic carbocycles. The lowest BCUT2D eigenvalue weighted by Gasteiger charge is -2.30. The van der Waals surface area contributed by atoms with E-state index >= 15 is 0 Å². The number of hydrazone groups is 1. The van der Waals surface area contributed by atoms with E-state index in [9.17, 15) is 5.11 Å². The number of hydrogen-bond donors (Lipinski definition) is 3. The van der Waals surface area contributed by atoms with E-state index in [1.807, 2.05) is 0 Å². The Kier molecular flexibility index (Phi) is 6.00. The Morgan fingerprint density at radius 2 is 2.18 bits per heavy atom. The molecule has 0 amide bonds. The smallest absolute Gasteiger partial charge is 0.187 e. The standard InChI is InChI=1S/C16H23N3O2S/c1-11-5-3-4-6-14(11)18-16(22)19-17-10-12-9-13(21-2)7-8-15(12)20/h7-11,14,20H,3-6H2,1-2H3,(H2,18,19,22)/b17-10+/t11-,14-/m0/s1. The number of rotatable bonds is 4. The quantitative estimate of drug-likeness (QED) is 0.452. The maximum atomic E-state index is 9.77. The van der Waals surface area contributed by atoms with Gasteiger partial charge in [-0.15, -0.1) is 0 Å². The van der Waals surface area contributed by atoms with Gasteiger partial charge in [0.25, 0.3) is 0 Å². The zero-order valence-corrected chi connectivity index (χ0v) is 13.8. The van der Waals surface area contributed by atoms with Crippen LogP contribution in [0.4, 0.5) is 0 Å². The van der Waals surface area contributed by atoms with Crippen molar-refractivity contribution in [2.75, 3.05) is 7.11 Å². The van der Waals surface area contributed by atoms with Gasteiger partial charge in [-0.1, -0.05) is 19.8 Å². The highest BCUT2D eigenvalue weighted by atomic mass is 32.1. The van der Waals surface area contributed by atoms with Gasteiger partial charge < -0.3 is 15.2 Å². The average Bonchev–Trinajstić information content (AvgIpc) is 2.51. The molecule has 22 heavy (non-hydrogen) atoms. The summed E-state index contributed by atoms with van der Waals surface area (Å²) in [5.41, 5.74) is 3.37. The molecule has 0 bridgehead atoms. The number of methoxy groups -OCH3 is 1. The van der Waals surface area contributed by atoms with Gasteiger partial charge in [0.2, 0.25) is 0 Å². The van der Waals surface area contributed by atoms with E-state index in [0.29, 0.717) is 28.4 Å². The second-order valence-corrected chi connectivity index (χ2v) is 6.04. The second-order valence-electron chi connectivity index (χ2n) is 5.64. The summed E-state index contributed by atoms with van der Waals surface area (Å²) in [6.07, 6.45) is 6.44. The number of aromatic hydroxyl groups is 1. The molecule has 0 saturated heterocycles. The summed E-state index contributed by atoms with van der Waals surface area (Å²) in [5.74, 6) is 1.43. The predicted molar refractivity (Wildman–Crippen MR) is 92.5 cm³/mol. The third-order valence-electron chi connectivity index (χ3n) is 4.03. The molecule has 0 spiro atoms. The van der Waals surface area contributed by atoms with Crippen LogP contribution in [0.1, 0.15) is 38.2 Å². The Hall–Kier alpha value is -1.82. The molecule has 1 aliphatic rings. The van der Waals surface area contributed by atoms with Crippen molar-refractivity contribution in [1.82, 2.24) is 10.7 Å². The maximum absolute atomic E-state index is 9.77. The Balaban J connectivity index is 1.87. The molecular weight excluding hydrogens is 298 g/mol. The third kappa shape index (κ3) is 4.59. The van der Waals surface area contributed by atoms with Gasteiger partial charge in [0, 0.05) is 11.6 Å². The van der Waals surface area contributed by atoms with E-state index in [1.165, 1.54) is 25.5 Å². The fourth-order valence-electron chi connectivity index (χ4n) is 2.65. The number of phenolic OH excluding ortho intramolecular Hbond substituents is 1. The first-order chi connectivity index (χ1) is 10.6. The number of hydrogen-bond acceptors (Lipinski definition) is 4. The second kappa shape index (κ2) is 7.98. The van der Waals surface area contributed by atoms with Crippen LogP contribution in [0.5, 0.6) is 11.5 Å². The van der Waals surface area contributed by atoms with Gasteiger partial charge in [-0.2, -0.15) is 5.10 Å². The number of ether oxygens (including phenoxy) is 1. The summed E-state index contributed by atoms with van der Waals surface area (Å²) in [7, 11) is 1.58. The Bertz CT molecular complexity index is 548. The van der Waals surface area contributed by atoms with Crippen molar-refractivity contribution in [1.29, 1.82) is 0 Å². The minimum absolute atomic E-state index is 0.145. The van der Waals surface area contributed by atoms with Crippen molar-refractivity contribution in [2.45, 2.75) is 38.6 Å². The molecule has 120 valence electrons. The van der Waals surface area contributed by atoms with E-state index in [4.69, 9.17) is 17.0 Å². The SMILES string of the molecule is COc1ccc(O)c(/C=N/NC(=S)N[C@H]2CCCC[C@@H]2C)c1. The first-order valence-corrected chi connectivity index (χ1v) is 7.97. The lowest BCUT2D eigenvalue weighted by Crippen LogP contribution is -2.44. The number of benzene rings is 1. The highest BCUT2D eigenvalue weighted by Crippen LogP contribution is 2.23. The monoisotopic (exact) mass is 321 g/mol. The van der Waals surface area contributed by atoms with Gasteiger partial charge >= 0.3 is 0 Å². The Labute approximate surface area is 136 Å². The van der Waals surface area contributed by atoms with Gasteiger partial charge in [0.05, 0.1) is 13.3 Å². The van der Waals surface area contributed by atoms with Crippen LogP contribution in [0.2, 0.25) is 0 Å². The lowest BCUT2D eigenvalue weighted by atomic mass is 9.86. The van der Waals surface area contributed by atoms with Crippen LogP contribution < -0.4 is 15.5 Å². The summed E-state index contributed by atoms with van der Waals surface area (Å²) in [5, 5.41) is 17.7. The zero-order valence-electron chi connectivity index (χ0n) is 13.0. The van der Waals surface area contributed by atoms with E-state index < -0.39 is 0 Å². The Morgan fingerprint density at radius 3 is 2.91 bits per heavy atom. The third-order valence-corrected chi connectivity index (χ3v) is 4.24. The van der Waals surface area contributed by atoms with Crippen LogP contribution in [-0.4, -0.2) is 29.6 Å². The number of nitrogens with one attached hydrogen (secondary N) is 2. The molecule has 0 heterocycles. The van der Waals surface area contributed by atoms with E-state index in [2.05, 4.69) is 22.8 Å². The molecule has 0 aliphatic heterocycles. The van der Waals surface area contributed by atoms with Crippen molar-refractivity contribution in [3.8, 4) is 11.5 Å². The molecule has 0 unspecified atom stereocenters. The topological polar surface area (TPSA) is 65.9 Å². The highest BCUT2D eigenvalue weighted by Gasteiger charge is 2.21. The van der Waals surface area contributed by atoms with Crippen molar-refractivity contribution in [3.05, 3.63) is 23.8 Å². The molecular formula is C16H23N3O2S. The van der Waals surface area contributed by atoms with Gasteiger partial charge in [-0.25, -0.2) is 0 Å². The maximum Gasteiger partial charge on any atom is 0.187 e. The average molecular weight is 321 g/mol. The number of thiocarbonyl (C=S) groups is 1. The van der Waals surface area contributed by atoms with Gasteiger partial charge in [0.15, 0.2) is 5.11 Å². The van der Waals surface area contributed by atoms with Crippen LogP contribution in [0, 0.1) is 5.92 Å². The van der Waals surface area contributed by atoms with Crippen LogP contribution in [-0.2, 0) is 0 Å². The molecule has 1 aromatic rings. The van der Waals surface area contributed by atoms with Crippen molar-refractivity contribution in [3.63, 3.8) is 0 Å². The molecule has 6 heteroatoms. The first kappa shape index (κ1) is 16.5. The normalized spacial score (nSPS) is 21.5. The minimum atomic E-state index is 0.145. The number of nitrogens with zero attached hydrogens (tertiary/aromatic N) is 1. The van der Waals surface area contributed by atoms with Crippen LogP contribution in [0.3, 0.4) is 0 Å². The minimum Gasteiger partial charge on any atom is -0.507 e. The molecule has 3 N–H and O–H groups in total. The molecule has 1 saturated carbocycles. The summed E-state index contributed by atoms with van der Waals surface area (Å²) < 4.78 is 5.12. The Morgan fingerprint density at radius 1 is 1.41 bits per heavy atom. The van der Waals surface area contributed by atoms with Crippen molar-refractivity contribution in [2.24, 2.45) is 11.0 Å². The largest absolute Gasteiger partial charge is 0.507 e. The lowest BCUT2D eigenvalue weighted by molar-refractivity contribution is 0.308. The summed E-state index contributed by atoms with van der Waals surface area (Å²) in [4.78, 5) is 0. The van der Waals surface area contributed by atoms with Crippen LogP contribution >= 0.6 is 12.2 Å². The van der Waals surface area contributed by atoms with Gasteiger partial charge in [-0.3, -0.25) is 5.43 Å². The van der Waals surface area contributed by atoms with Crippen LogP contribution in [0.25, 0.3) is 0 Å². The zero-order chi connectivity index (χ0) is 15.9. The van der Waals surface area contributed by atoms with Crippen molar-refractivity contribution < 1.29 is 9.84 Å². The summed E-state index contributed by atoms with van der Waals surface area (Å²) in [6.45, 7) is 2.25. The molecule has 5 nitrogen and oxygen atoms in total.